The molecule has 0 aliphatic heterocycles. The summed E-state index contributed by atoms with van der Waals surface area (Å²) in [6.45, 7) is 0. The summed E-state index contributed by atoms with van der Waals surface area (Å²) in [6.07, 6.45) is -4.36. The van der Waals surface area contributed by atoms with E-state index in [0.717, 1.165) is 12.1 Å². The third kappa shape index (κ3) is 2.88. The van der Waals surface area contributed by atoms with Crippen LogP contribution in [-0.2, 0) is 6.18 Å². The first-order chi connectivity index (χ1) is 8.91. The van der Waals surface area contributed by atoms with Crippen LogP contribution in [0.1, 0.15) is 11.1 Å². The largest absolute Gasteiger partial charge is 0.416 e. The third-order valence-electron chi connectivity index (χ3n) is 2.63. The maximum absolute atomic E-state index is 12.5. The fraction of sp³-hybridized carbons (Fsp3) is 0.0714. The van der Waals surface area contributed by atoms with Gasteiger partial charge in [-0.1, -0.05) is 29.8 Å². The minimum absolute atomic E-state index is 0.326. The van der Waals surface area contributed by atoms with Crippen LogP contribution in [0.25, 0.3) is 11.1 Å². The van der Waals surface area contributed by atoms with Crippen molar-refractivity contribution in [3.8, 4) is 17.2 Å². The van der Waals surface area contributed by atoms with E-state index in [4.69, 9.17) is 16.9 Å². The number of hydrogen-bond acceptors (Lipinski definition) is 1. The van der Waals surface area contributed by atoms with Gasteiger partial charge in [0.2, 0.25) is 0 Å². The molecule has 0 fully saturated rings. The molecule has 2 aromatic carbocycles. The Morgan fingerprint density at radius 2 is 1.63 bits per heavy atom. The Morgan fingerprint density at radius 1 is 1.00 bits per heavy atom. The summed E-state index contributed by atoms with van der Waals surface area (Å²) in [5.74, 6) is 0. The fourth-order valence-corrected chi connectivity index (χ4v) is 1.87. The van der Waals surface area contributed by atoms with Gasteiger partial charge in [-0.25, -0.2) is 0 Å². The van der Waals surface area contributed by atoms with Gasteiger partial charge in [0, 0.05) is 5.02 Å². The van der Waals surface area contributed by atoms with Crippen LogP contribution in [0.15, 0.2) is 42.5 Å². The van der Waals surface area contributed by atoms with Crippen LogP contribution in [0.5, 0.6) is 0 Å². The summed E-state index contributed by atoms with van der Waals surface area (Å²) in [5.41, 5.74) is 0.706. The minimum Gasteiger partial charge on any atom is -0.192 e. The summed E-state index contributed by atoms with van der Waals surface area (Å²) in [6, 6.07) is 11.3. The van der Waals surface area contributed by atoms with E-state index in [-0.39, 0.29) is 0 Å². The highest BCUT2D eigenvalue weighted by Gasteiger charge is 2.30. The van der Waals surface area contributed by atoms with Crippen molar-refractivity contribution in [3.63, 3.8) is 0 Å². The predicted molar refractivity (Wildman–Crippen MR) is 66.6 cm³/mol. The van der Waals surface area contributed by atoms with Crippen LogP contribution in [0, 0.1) is 11.3 Å². The van der Waals surface area contributed by atoms with E-state index in [1.165, 1.54) is 18.2 Å². The van der Waals surface area contributed by atoms with Gasteiger partial charge in [-0.15, -0.1) is 0 Å². The second-order valence-corrected chi connectivity index (χ2v) is 4.31. The van der Waals surface area contributed by atoms with Gasteiger partial charge >= 0.3 is 6.18 Å². The first-order valence-electron chi connectivity index (χ1n) is 5.29. The summed E-state index contributed by atoms with van der Waals surface area (Å²) >= 11 is 5.77. The molecule has 0 spiro atoms. The molecule has 0 N–H and O–H groups in total. The quantitative estimate of drug-likeness (QED) is 0.729. The molecule has 0 amide bonds. The Labute approximate surface area is 112 Å². The summed E-state index contributed by atoms with van der Waals surface area (Å²) in [5, 5.41) is 9.41. The lowest BCUT2D eigenvalue weighted by atomic mass is 9.99. The monoisotopic (exact) mass is 281 g/mol. The SMILES string of the molecule is N#Cc1cc(Cl)ccc1-c1ccc(C(F)(F)F)cc1. The molecule has 5 heteroatoms. The highest BCUT2D eigenvalue weighted by molar-refractivity contribution is 6.30. The molecule has 0 bridgehead atoms. The molecule has 0 radical (unpaired) electrons. The highest BCUT2D eigenvalue weighted by Crippen LogP contribution is 2.32. The van der Waals surface area contributed by atoms with Crippen molar-refractivity contribution in [2.75, 3.05) is 0 Å². The first kappa shape index (κ1) is 13.4. The summed E-state index contributed by atoms with van der Waals surface area (Å²) in [7, 11) is 0. The van der Waals surface area contributed by atoms with E-state index in [9.17, 15) is 13.2 Å². The van der Waals surface area contributed by atoms with Crippen molar-refractivity contribution >= 4 is 11.6 Å². The van der Waals surface area contributed by atoms with Crippen molar-refractivity contribution in [1.82, 2.24) is 0 Å². The van der Waals surface area contributed by atoms with Gasteiger partial charge in [0.05, 0.1) is 17.2 Å². The van der Waals surface area contributed by atoms with E-state index in [1.54, 1.807) is 12.1 Å². The number of benzene rings is 2. The second-order valence-electron chi connectivity index (χ2n) is 3.88. The standard InChI is InChI=1S/C14H7ClF3N/c15-12-5-6-13(10(7-12)8-19)9-1-3-11(4-2-9)14(16,17)18/h1-7H. The third-order valence-corrected chi connectivity index (χ3v) is 2.86. The van der Waals surface area contributed by atoms with Crippen LogP contribution < -0.4 is 0 Å². The number of rotatable bonds is 1. The van der Waals surface area contributed by atoms with Gasteiger partial charge in [-0.2, -0.15) is 18.4 Å². The van der Waals surface area contributed by atoms with Gasteiger partial charge in [0.15, 0.2) is 0 Å². The molecule has 19 heavy (non-hydrogen) atoms. The zero-order chi connectivity index (χ0) is 14.0. The average Bonchev–Trinajstić information content (AvgIpc) is 2.37. The first-order valence-corrected chi connectivity index (χ1v) is 5.67. The van der Waals surface area contributed by atoms with Gasteiger partial charge in [-0.3, -0.25) is 0 Å². The van der Waals surface area contributed by atoms with Crippen molar-refractivity contribution < 1.29 is 13.2 Å². The van der Waals surface area contributed by atoms with Crippen molar-refractivity contribution in [2.24, 2.45) is 0 Å². The highest BCUT2D eigenvalue weighted by atomic mass is 35.5. The Morgan fingerprint density at radius 3 is 2.16 bits per heavy atom. The molecular formula is C14H7ClF3N. The van der Waals surface area contributed by atoms with Crippen LogP contribution in [0.3, 0.4) is 0 Å². The lowest BCUT2D eigenvalue weighted by Crippen LogP contribution is -2.04. The predicted octanol–water partition coefficient (Wildman–Crippen LogP) is 4.90. The number of halogens is 4. The number of nitrogens with zero attached hydrogens (tertiary/aromatic N) is 1. The van der Waals surface area contributed by atoms with E-state index in [1.807, 2.05) is 6.07 Å². The van der Waals surface area contributed by atoms with Gasteiger partial charge in [0.25, 0.3) is 0 Å². The maximum atomic E-state index is 12.5. The van der Waals surface area contributed by atoms with E-state index in [2.05, 4.69) is 0 Å². The molecule has 1 nitrogen and oxygen atoms in total. The normalized spacial score (nSPS) is 11.1. The van der Waals surface area contributed by atoms with Crippen molar-refractivity contribution in [1.29, 1.82) is 5.26 Å². The molecule has 0 atom stereocenters. The Balaban J connectivity index is 2.47. The van der Waals surface area contributed by atoms with Crippen molar-refractivity contribution in [2.45, 2.75) is 6.18 Å². The average molecular weight is 282 g/mol. The zero-order valence-corrected chi connectivity index (χ0v) is 10.3. The second kappa shape index (κ2) is 4.94. The Hall–Kier alpha value is -1.99. The molecule has 96 valence electrons. The van der Waals surface area contributed by atoms with E-state index in [0.29, 0.717) is 21.7 Å². The van der Waals surface area contributed by atoms with E-state index >= 15 is 0 Å². The number of alkyl halides is 3. The van der Waals surface area contributed by atoms with Gasteiger partial charge < -0.3 is 0 Å². The fourth-order valence-electron chi connectivity index (χ4n) is 1.70. The lowest BCUT2D eigenvalue weighted by Gasteiger charge is -2.08. The van der Waals surface area contributed by atoms with Gasteiger partial charge in [-0.05, 0) is 35.4 Å². The van der Waals surface area contributed by atoms with E-state index < -0.39 is 11.7 Å². The lowest BCUT2D eigenvalue weighted by molar-refractivity contribution is -0.137. The van der Waals surface area contributed by atoms with Crippen LogP contribution >= 0.6 is 11.6 Å². The van der Waals surface area contributed by atoms with Crippen LogP contribution in [0.2, 0.25) is 5.02 Å². The number of hydrogen-bond donors (Lipinski definition) is 0. The van der Waals surface area contributed by atoms with Crippen molar-refractivity contribution in [3.05, 3.63) is 58.6 Å². The van der Waals surface area contributed by atoms with Gasteiger partial charge in [0.1, 0.15) is 0 Å². The van der Waals surface area contributed by atoms with Crippen LogP contribution in [-0.4, -0.2) is 0 Å². The molecule has 2 aromatic rings. The number of nitriles is 1. The molecule has 0 aliphatic carbocycles. The maximum Gasteiger partial charge on any atom is 0.416 e. The Kier molecular flexibility index (Phi) is 3.50. The molecule has 2 rings (SSSR count). The Bertz CT molecular complexity index is 639. The summed E-state index contributed by atoms with van der Waals surface area (Å²) in [4.78, 5) is 0. The molecule has 0 aromatic heterocycles. The topological polar surface area (TPSA) is 23.8 Å². The smallest absolute Gasteiger partial charge is 0.192 e. The molecule has 0 saturated heterocycles. The molecular weight excluding hydrogens is 275 g/mol. The molecule has 0 unspecified atom stereocenters. The molecule has 0 heterocycles. The van der Waals surface area contributed by atoms with Crippen LogP contribution in [0.4, 0.5) is 13.2 Å². The molecule has 0 saturated carbocycles. The minimum atomic E-state index is -4.36. The zero-order valence-electron chi connectivity index (χ0n) is 9.50. The summed E-state index contributed by atoms with van der Waals surface area (Å²) < 4.78 is 37.4. The molecule has 0 aliphatic rings.